The Bertz CT molecular complexity index is 173. The molecule has 0 aromatic rings. The average Bonchev–Trinajstić information content (AvgIpc) is 2.31. The molecule has 0 aromatic carbocycles. The molecule has 0 heterocycles. The first kappa shape index (κ1) is 27.0. The average molecular weight is 288 g/mol. The number of rotatable bonds is 6. The van der Waals surface area contributed by atoms with Crippen LogP contribution in [0.15, 0.2) is 0 Å². The van der Waals surface area contributed by atoms with E-state index >= 15 is 0 Å². The van der Waals surface area contributed by atoms with Crippen LogP contribution >= 0.6 is 0 Å². The molecule has 0 radical (unpaired) electrons. The summed E-state index contributed by atoms with van der Waals surface area (Å²) in [6, 6.07) is 0. The molecule has 110 valence electrons. The van der Waals surface area contributed by atoms with Gasteiger partial charge < -0.3 is 20.1 Å². The van der Waals surface area contributed by atoms with Crippen molar-refractivity contribution in [3.8, 4) is 0 Å². The number of Topliss-reactive ketones (excluding diaryl/α,β-unsaturated/α-hetero) is 1. The SMILES string of the molecule is CC(=O)C(C)C(=O)[O-].CCCC[O-].CCCC[O-].[Al+3]. The summed E-state index contributed by atoms with van der Waals surface area (Å²) in [6.07, 6.45) is 3.73. The van der Waals surface area contributed by atoms with Crippen molar-refractivity contribution in [1.82, 2.24) is 0 Å². The predicted octanol–water partition coefficient (Wildman–Crippen LogP) is -1.13. The summed E-state index contributed by atoms with van der Waals surface area (Å²) < 4.78 is 0. The second kappa shape index (κ2) is 22.7. The van der Waals surface area contributed by atoms with Crippen molar-refractivity contribution in [2.45, 2.75) is 53.4 Å². The molecule has 0 aromatic heterocycles. The molecule has 0 bridgehead atoms. The fourth-order valence-corrected chi connectivity index (χ4v) is 0.455. The zero-order valence-electron chi connectivity index (χ0n) is 12.4. The number of hydrogen-bond acceptors (Lipinski definition) is 5. The molecular weight excluding hydrogens is 263 g/mol. The minimum Gasteiger partial charge on any atom is -0.854 e. The summed E-state index contributed by atoms with van der Waals surface area (Å²) in [7, 11) is 0. The molecule has 0 aliphatic carbocycles. The van der Waals surface area contributed by atoms with Gasteiger partial charge in [-0.1, -0.05) is 46.5 Å². The molecule has 6 heteroatoms. The van der Waals surface area contributed by atoms with Gasteiger partial charge in [-0.15, -0.1) is 13.2 Å². The van der Waals surface area contributed by atoms with E-state index in [9.17, 15) is 24.9 Å². The Morgan fingerprint density at radius 3 is 1.32 bits per heavy atom. The van der Waals surface area contributed by atoms with Gasteiger partial charge in [-0.25, -0.2) is 0 Å². The third-order valence-electron chi connectivity index (χ3n) is 1.96. The van der Waals surface area contributed by atoms with Gasteiger partial charge in [0.2, 0.25) is 0 Å². The maximum atomic E-state index is 10.2. The molecule has 1 unspecified atom stereocenters. The topological polar surface area (TPSA) is 103 Å². The van der Waals surface area contributed by atoms with Crippen LogP contribution in [-0.2, 0) is 9.59 Å². The van der Waals surface area contributed by atoms with Crippen molar-refractivity contribution in [3.05, 3.63) is 0 Å². The van der Waals surface area contributed by atoms with E-state index < -0.39 is 11.9 Å². The standard InChI is InChI=1S/C5H8O3.2C4H9O.Al/c1-3(4(2)6)5(7)8;2*1-2-3-4-5;/h3H,1-2H3,(H,7,8);2*2-4H2,1H3;/q;2*-1;+3/p-1. The third kappa shape index (κ3) is 31.8. The van der Waals surface area contributed by atoms with E-state index in [-0.39, 0.29) is 36.4 Å². The summed E-state index contributed by atoms with van der Waals surface area (Å²) in [5, 5.41) is 28.9. The van der Waals surface area contributed by atoms with Crippen molar-refractivity contribution >= 4 is 29.1 Å². The van der Waals surface area contributed by atoms with Gasteiger partial charge in [0.25, 0.3) is 0 Å². The second-order valence-electron chi connectivity index (χ2n) is 3.77. The van der Waals surface area contributed by atoms with Gasteiger partial charge >= 0.3 is 17.4 Å². The van der Waals surface area contributed by atoms with Crippen molar-refractivity contribution in [3.63, 3.8) is 0 Å². The minimum atomic E-state index is -1.31. The summed E-state index contributed by atoms with van der Waals surface area (Å²) in [6.45, 7) is 6.74. The van der Waals surface area contributed by atoms with Crippen LogP contribution in [0.3, 0.4) is 0 Å². The van der Waals surface area contributed by atoms with E-state index in [2.05, 4.69) is 0 Å². The maximum Gasteiger partial charge on any atom is 3.00 e. The number of carbonyl (C=O) groups excluding carboxylic acids is 2. The van der Waals surface area contributed by atoms with Gasteiger partial charge in [0.1, 0.15) is 5.78 Å². The van der Waals surface area contributed by atoms with Gasteiger partial charge in [-0.05, 0) is 6.92 Å². The molecular formula is C13H25AlO5. The van der Waals surface area contributed by atoms with E-state index in [1.165, 1.54) is 13.8 Å². The quantitative estimate of drug-likeness (QED) is 0.454. The predicted molar refractivity (Wildman–Crippen MR) is 70.2 cm³/mol. The van der Waals surface area contributed by atoms with Crippen LogP contribution in [0.1, 0.15) is 53.4 Å². The van der Waals surface area contributed by atoms with Gasteiger partial charge in [0.15, 0.2) is 0 Å². The largest absolute Gasteiger partial charge is 3.00 e. The molecule has 0 aliphatic rings. The van der Waals surface area contributed by atoms with Crippen LogP contribution in [0.4, 0.5) is 0 Å². The normalized spacial score (nSPS) is 9.79. The maximum absolute atomic E-state index is 10.2. The number of carboxylic acid groups (broad SMARTS) is 1. The first-order valence-electron chi connectivity index (χ1n) is 6.26. The molecule has 0 saturated heterocycles. The zero-order chi connectivity index (χ0) is 15.0. The Morgan fingerprint density at radius 2 is 1.32 bits per heavy atom. The second-order valence-corrected chi connectivity index (χ2v) is 3.77. The van der Waals surface area contributed by atoms with E-state index in [0.717, 1.165) is 25.7 Å². The van der Waals surface area contributed by atoms with Crippen molar-refractivity contribution in [2.24, 2.45) is 5.92 Å². The van der Waals surface area contributed by atoms with Crippen LogP contribution in [-0.4, -0.2) is 42.3 Å². The van der Waals surface area contributed by atoms with Crippen LogP contribution in [0, 0.1) is 5.92 Å². The third-order valence-corrected chi connectivity index (χ3v) is 1.96. The fraction of sp³-hybridized carbons (Fsp3) is 0.846. The summed E-state index contributed by atoms with van der Waals surface area (Å²) in [4.78, 5) is 20.0. The molecule has 5 nitrogen and oxygen atoms in total. The summed E-state index contributed by atoms with van der Waals surface area (Å²) in [5.41, 5.74) is 0. The summed E-state index contributed by atoms with van der Waals surface area (Å²) in [5.74, 6) is -2.64. The number of carboxylic acids is 1. The monoisotopic (exact) mass is 288 g/mol. The van der Waals surface area contributed by atoms with E-state index in [1.54, 1.807) is 0 Å². The van der Waals surface area contributed by atoms with Gasteiger partial charge in [-0.2, -0.15) is 0 Å². The van der Waals surface area contributed by atoms with E-state index in [0.29, 0.717) is 0 Å². The number of aliphatic carboxylic acids is 1. The Balaban J connectivity index is -0.0000000906. The van der Waals surface area contributed by atoms with Crippen molar-refractivity contribution in [1.29, 1.82) is 0 Å². The number of carbonyl (C=O) groups is 2. The Kier molecular flexibility index (Phi) is 32.3. The Morgan fingerprint density at radius 1 is 1.00 bits per heavy atom. The zero-order valence-corrected chi connectivity index (χ0v) is 13.6. The molecule has 0 rings (SSSR count). The van der Waals surface area contributed by atoms with Crippen LogP contribution in [0.25, 0.3) is 0 Å². The first-order valence-corrected chi connectivity index (χ1v) is 6.26. The molecule has 0 amide bonds. The van der Waals surface area contributed by atoms with Gasteiger partial charge in [0, 0.05) is 0 Å². The molecule has 0 saturated carbocycles. The van der Waals surface area contributed by atoms with Crippen molar-refractivity contribution < 1.29 is 24.9 Å². The van der Waals surface area contributed by atoms with Gasteiger partial charge in [0.05, 0.1) is 11.9 Å². The number of hydrogen-bond donors (Lipinski definition) is 0. The number of unbranched alkanes of at least 4 members (excludes halogenated alkanes) is 2. The molecule has 0 spiro atoms. The molecule has 0 N–H and O–H groups in total. The van der Waals surface area contributed by atoms with E-state index in [4.69, 9.17) is 0 Å². The van der Waals surface area contributed by atoms with Crippen LogP contribution < -0.4 is 15.3 Å². The summed E-state index contributed by atoms with van der Waals surface area (Å²) >= 11 is 0. The minimum absolute atomic E-state index is 0. The number of ketones is 1. The molecule has 0 aliphatic heterocycles. The Hall–Kier alpha value is -0.408. The molecule has 1 atom stereocenters. The van der Waals surface area contributed by atoms with Gasteiger partial charge in [-0.3, -0.25) is 4.79 Å². The fourth-order valence-electron chi connectivity index (χ4n) is 0.455. The van der Waals surface area contributed by atoms with Crippen molar-refractivity contribution in [2.75, 3.05) is 13.2 Å². The molecule has 19 heavy (non-hydrogen) atoms. The smallest absolute Gasteiger partial charge is 0.854 e. The molecule has 0 fully saturated rings. The van der Waals surface area contributed by atoms with E-state index in [1.807, 2.05) is 13.8 Å². The van der Waals surface area contributed by atoms with Crippen LogP contribution in [0.2, 0.25) is 0 Å². The first-order chi connectivity index (χ1) is 8.38. The Labute approximate surface area is 127 Å². The van der Waals surface area contributed by atoms with Crippen LogP contribution in [0.5, 0.6) is 0 Å².